The highest BCUT2D eigenvalue weighted by atomic mass is 16.2. The smallest absolute Gasteiger partial charge is 0.228 e. The molecule has 4 rings (SSSR count). The molecule has 0 aromatic carbocycles. The van der Waals surface area contributed by atoms with E-state index in [4.69, 9.17) is 0 Å². The predicted octanol–water partition coefficient (Wildman–Crippen LogP) is 1.70. The van der Waals surface area contributed by atoms with Crippen LogP contribution in [0.5, 0.6) is 0 Å². The maximum absolute atomic E-state index is 12.6. The number of nitrogens with one attached hydrogen (secondary N) is 2. The molecule has 6 nitrogen and oxygen atoms in total. The van der Waals surface area contributed by atoms with E-state index < -0.39 is 0 Å². The zero-order valence-electron chi connectivity index (χ0n) is 12.8. The van der Waals surface area contributed by atoms with Gasteiger partial charge in [0, 0.05) is 25.8 Å². The second kappa shape index (κ2) is 4.97. The molecule has 6 heteroatoms. The Kier molecular flexibility index (Phi) is 3.06. The van der Waals surface area contributed by atoms with E-state index >= 15 is 0 Å². The van der Waals surface area contributed by atoms with E-state index in [-0.39, 0.29) is 11.3 Å². The predicted molar refractivity (Wildman–Crippen MR) is 84.6 cm³/mol. The van der Waals surface area contributed by atoms with Gasteiger partial charge in [0.25, 0.3) is 0 Å². The van der Waals surface area contributed by atoms with E-state index in [0.717, 1.165) is 55.7 Å². The van der Waals surface area contributed by atoms with Gasteiger partial charge >= 0.3 is 0 Å². The second-order valence-corrected chi connectivity index (χ2v) is 6.40. The summed E-state index contributed by atoms with van der Waals surface area (Å²) in [6.07, 6.45) is 6.51. The van der Waals surface area contributed by atoms with Crippen LogP contribution in [-0.2, 0) is 4.79 Å². The molecule has 2 N–H and O–H groups in total. The zero-order chi connectivity index (χ0) is 15.2. The Labute approximate surface area is 129 Å². The lowest BCUT2D eigenvalue weighted by atomic mass is 9.65. The van der Waals surface area contributed by atoms with Crippen LogP contribution in [0.4, 0.5) is 5.82 Å². The molecule has 2 aliphatic rings. The number of carbonyl (C=O) groups is 1. The summed E-state index contributed by atoms with van der Waals surface area (Å²) in [7, 11) is 0. The van der Waals surface area contributed by atoms with Crippen LogP contribution in [0.15, 0.2) is 18.6 Å². The van der Waals surface area contributed by atoms with Gasteiger partial charge in [0.15, 0.2) is 0 Å². The number of amides is 1. The molecular weight excluding hydrogens is 278 g/mol. The molecule has 22 heavy (non-hydrogen) atoms. The highest BCUT2D eigenvalue weighted by molar-refractivity contribution is 5.89. The summed E-state index contributed by atoms with van der Waals surface area (Å²) in [6.45, 7) is 4.66. The molecule has 2 saturated heterocycles. The van der Waals surface area contributed by atoms with Crippen LogP contribution in [0.2, 0.25) is 0 Å². The molecule has 2 aromatic heterocycles. The standard InChI is InChI=1S/C16H21N5O/c1-2-16-9-21(8-5-11(16)3-6-18-15(16)22)14-12-4-7-17-13(12)19-10-20-14/h4,7,10-11H,2-3,5-6,8-9H2,1H3,(H,18,22)(H,17,19,20). The van der Waals surface area contributed by atoms with Crippen LogP contribution in [-0.4, -0.2) is 40.5 Å². The van der Waals surface area contributed by atoms with E-state index in [9.17, 15) is 4.79 Å². The third-order valence-electron chi connectivity index (χ3n) is 5.50. The molecule has 2 aliphatic heterocycles. The first-order valence-corrected chi connectivity index (χ1v) is 8.06. The van der Waals surface area contributed by atoms with Crippen LogP contribution >= 0.6 is 0 Å². The summed E-state index contributed by atoms with van der Waals surface area (Å²) in [5, 5.41) is 4.10. The molecule has 4 heterocycles. The van der Waals surface area contributed by atoms with Crippen molar-refractivity contribution in [3.63, 3.8) is 0 Å². The Morgan fingerprint density at radius 3 is 3.18 bits per heavy atom. The van der Waals surface area contributed by atoms with Gasteiger partial charge in [-0.1, -0.05) is 6.92 Å². The van der Waals surface area contributed by atoms with Crippen LogP contribution in [0.1, 0.15) is 26.2 Å². The fourth-order valence-corrected chi connectivity index (χ4v) is 4.20. The van der Waals surface area contributed by atoms with Crippen LogP contribution in [0.25, 0.3) is 11.0 Å². The summed E-state index contributed by atoms with van der Waals surface area (Å²) >= 11 is 0. The highest BCUT2D eigenvalue weighted by Crippen LogP contribution is 2.44. The number of fused-ring (bicyclic) bond motifs is 2. The highest BCUT2D eigenvalue weighted by Gasteiger charge is 2.49. The second-order valence-electron chi connectivity index (χ2n) is 6.40. The maximum Gasteiger partial charge on any atom is 0.228 e. The van der Waals surface area contributed by atoms with Gasteiger partial charge in [-0.25, -0.2) is 9.97 Å². The van der Waals surface area contributed by atoms with Gasteiger partial charge in [0.05, 0.1) is 10.8 Å². The Morgan fingerprint density at radius 1 is 1.41 bits per heavy atom. The largest absolute Gasteiger partial charge is 0.356 e. The van der Waals surface area contributed by atoms with Crippen LogP contribution in [0.3, 0.4) is 0 Å². The number of nitrogens with zero attached hydrogens (tertiary/aromatic N) is 3. The molecule has 2 atom stereocenters. The third-order valence-corrected chi connectivity index (χ3v) is 5.50. The Balaban J connectivity index is 1.73. The van der Waals surface area contributed by atoms with Crippen molar-refractivity contribution in [1.82, 2.24) is 20.3 Å². The van der Waals surface area contributed by atoms with Crippen molar-refractivity contribution < 1.29 is 4.79 Å². The number of anilines is 1. The van der Waals surface area contributed by atoms with Gasteiger partial charge in [-0.05, 0) is 31.2 Å². The number of H-pyrrole nitrogens is 1. The molecule has 0 radical (unpaired) electrons. The Bertz CT molecular complexity index is 711. The maximum atomic E-state index is 12.6. The zero-order valence-corrected chi connectivity index (χ0v) is 12.8. The fraction of sp³-hybridized carbons (Fsp3) is 0.562. The number of rotatable bonds is 2. The average molecular weight is 299 g/mol. The minimum atomic E-state index is -0.274. The summed E-state index contributed by atoms with van der Waals surface area (Å²) in [5.41, 5.74) is 0.579. The number of carbonyl (C=O) groups excluding carboxylic acids is 1. The van der Waals surface area contributed by atoms with Crippen LogP contribution in [0, 0.1) is 11.3 Å². The van der Waals surface area contributed by atoms with Gasteiger partial charge in [-0.2, -0.15) is 0 Å². The van der Waals surface area contributed by atoms with Gasteiger partial charge in [-0.3, -0.25) is 4.79 Å². The lowest BCUT2D eigenvalue weighted by Crippen LogP contribution is -2.60. The molecule has 2 fully saturated rings. The summed E-state index contributed by atoms with van der Waals surface area (Å²) < 4.78 is 0. The van der Waals surface area contributed by atoms with Crippen molar-refractivity contribution in [1.29, 1.82) is 0 Å². The lowest BCUT2D eigenvalue weighted by Gasteiger charge is -2.49. The van der Waals surface area contributed by atoms with Crippen LogP contribution < -0.4 is 10.2 Å². The van der Waals surface area contributed by atoms with E-state index in [1.807, 2.05) is 12.3 Å². The normalized spacial score (nSPS) is 28.5. The molecule has 116 valence electrons. The van der Waals surface area contributed by atoms with E-state index in [1.165, 1.54) is 0 Å². The molecule has 0 saturated carbocycles. The van der Waals surface area contributed by atoms with Crippen molar-refractivity contribution >= 4 is 22.8 Å². The first-order valence-electron chi connectivity index (χ1n) is 8.06. The molecule has 0 aliphatic carbocycles. The molecule has 2 unspecified atom stereocenters. The minimum Gasteiger partial charge on any atom is -0.356 e. The number of aromatic amines is 1. The topological polar surface area (TPSA) is 73.9 Å². The van der Waals surface area contributed by atoms with Crippen molar-refractivity contribution in [3.8, 4) is 0 Å². The first kappa shape index (κ1) is 13.5. The first-order chi connectivity index (χ1) is 10.7. The molecule has 1 amide bonds. The lowest BCUT2D eigenvalue weighted by molar-refractivity contribution is -0.138. The fourth-order valence-electron chi connectivity index (χ4n) is 4.20. The van der Waals surface area contributed by atoms with Gasteiger partial charge in [0.1, 0.15) is 17.8 Å². The Hall–Kier alpha value is -2.11. The quantitative estimate of drug-likeness (QED) is 0.885. The van der Waals surface area contributed by atoms with E-state index in [1.54, 1.807) is 6.33 Å². The summed E-state index contributed by atoms with van der Waals surface area (Å²) in [5.74, 6) is 1.65. The number of hydrogen-bond donors (Lipinski definition) is 2. The van der Waals surface area contributed by atoms with Gasteiger partial charge < -0.3 is 15.2 Å². The van der Waals surface area contributed by atoms with E-state index in [0.29, 0.717) is 5.92 Å². The van der Waals surface area contributed by atoms with Gasteiger partial charge in [0.2, 0.25) is 5.91 Å². The summed E-state index contributed by atoms with van der Waals surface area (Å²) in [4.78, 5) is 26.7. The molecule has 2 aromatic rings. The molecular formula is C16H21N5O. The Morgan fingerprint density at radius 2 is 2.32 bits per heavy atom. The van der Waals surface area contributed by atoms with Gasteiger partial charge in [-0.15, -0.1) is 0 Å². The number of piperidine rings is 2. The van der Waals surface area contributed by atoms with Crippen molar-refractivity contribution in [2.45, 2.75) is 26.2 Å². The molecule has 0 bridgehead atoms. The number of hydrogen-bond acceptors (Lipinski definition) is 4. The number of aromatic nitrogens is 3. The van der Waals surface area contributed by atoms with Crippen molar-refractivity contribution in [3.05, 3.63) is 18.6 Å². The van der Waals surface area contributed by atoms with Crippen molar-refractivity contribution in [2.75, 3.05) is 24.5 Å². The third kappa shape index (κ3) is 1.82. The molecule has 0 spiro atoms. The van der Waals surface area contributed by atoms with Crippen molar-refractivity contribution in [2.24, 2.45) is 11.3 Å². The average Bonchev–Trinajstić information content (AvgIpc) is 3.03. The van der Waals surface area contributed by atoms with E-state index in [2.05, 4.69) is 32.1 Å². The minimum absolute atomic E-state index is 0.218. The summed E-state index contributed by atoms with van der Waals surface area (Å²) in [6, 6.07) is 2.01. The monoisotopic (exact) mass is 299 g/mol. The SMILES string of the molecule is CCC12CN(c3ncnc4[nH]ccc34)CCC1CCNC2=O.